The SMILES string of the molecule is COc1ccc(-c2cnc3[nH]cc(C)c3c2)cc1OC. The number of H-pyrrole nitrogens is 1. The van der Waals surface area contributed by atoms with Crippen molar-refractivity contribution in [3.8, 4) is 22.6 Å². The maximum Gasteiger partial charge on any atom is 0.161 e. The number of nitrogens with zero attached hydrogens (tertiary/aromatic N) is 1. The Morgan fingerprint density at radius 2 is 1.80 bits per heavy atom. The minimum Gasteiger partial charge on any atom is -0.493 e. The molecule has 3 rings (SSSR count). The molecule has 0 fully saturated rings. The van der Waals surface area contributed by atoms with Gasteiger partial charge in [0.1, 0.15) is 5.65 Å². The number of pyridine rings is 1. The highest BCUT2D eigenvalue weighted by molar-refractivity contribution is 5.84. The second kappa shape index (κ2) is 4.89. The fourth-order valence-electron chi connectivity index (χ4n) is 2.31. The van der Waals surface area contributed by atoms with Gasteiger partial charge in [-0.05, 0) is 36.2 Å². The summed E-state index contributed by atoms with van der Waals surface area (Å²) in [6.45, 7) is 2.07. The number of aromatic amines is 1. The van der Waals surface area contributed by atoms with E-state index < -0.39 is 0 Å². The molecule has 0 atom stereocenters. The Bertz CT molecular complexity index is 762. The number of ether oxygens (including phenoxy) is 2. The first-order chi connectivity index (χ1) is 9.72. The number of nitrogens with one attached hydrogen (secondary N) is 1. The molecule has 1 N–H and O–H groups in total. The molecule has 20 heavy (non-hydrogen) atoms. The number of fused-ring (bicyclic) bond motifs is 1. The van der Waals surface area contributed by atoms with E-state index >= 15 is 0 Å². The average molecular weight is 268 g/mol. The molecule has 0 aliphatic heterocycles. The van der Waals surface area contributed by atoms with Crippen molar-refractivity contribution >= 4 is 11.0 Å². The van der Waals surface area contributed by atoms with E-state index in [0.717, 1.165) is 33.7 Å². The molecule has 0 spiro atoms. The van der Waals surface area contributed by atoms with Crippen LogP contribution in [0.15, 0.2) is 36.7 Å². The fraction of sp³-hybridized carbons (Fsp3) is 0.188. The summed E-state index contributed by atoms with van der Waals surface area (Å²) in [6, 6.07) is 8.01. The van der Waals surface area contributed by atoms with Crippen LogP contribution in [0, 0.1) is 6.92 Å². The first kappa shape index (κ1) is 12.5. The highest BCUT2D eigenvalue weighted by atomic mass is 16.5. The van der Waals surface area contributed by atoms with Crippen molar-refractivity contribution < 1.29 is 9.47 Å². The number of rotatable bonds is 3. The molecule has 0 aliphatic carbocycles. The van der Waals surface area contributed by atoms with Crippen LogP contribution < -0.4 is 9.47 Å². The standard InChI is InChI=1S/C16H16N2O2/c1-10-8-17-16-13(10)6-12(9-18-16)11-4-5-14(19-2)15(7-11)20-3/h4-9H,1-3H3,(H,17,18). The second-order valence-electron chi connectivity index (χ2n) is 4.66. The highest BCUT2D eigenvalue weighted by Crippen LogP contribution is 2.33. The van der Waals surface area contributed by atoms with Crippen LogP contribution in [0.3, 0.4) is 0 Å². The molecule has 102 valence electrons. The molecular formula is C16H16N2O2. The quantitative estimate of drug-likeness (QED) is 0.790. The van der Waals surface area contributed by atoms with E-state index in [2.05, 4.69) is 23.0 Å². The molecule has 0 unspecified atom stereocenters. The Balaban J connectivity index is 2.12. The van der Waals surface area contributed by atoms with Gasteiger partial charge in [-0.15, -0.1) is 0 Å². The molecule has 1 aromatic carbocycles. The summed E-state index contributed by atoms with van der Waals surface area (Å²) in [6.07, 6.45) is 3.83. The van der Waals surface area contributed by atoms with Crippen LogP contribution in [0.5, 0.6) is 11.5 Å². The van der Waals surface area contributed by atoms with E-state index in [1.54, 1.807) is 14.2 Å². The number of aryl methyl sites for hydroxylation is 1. The first-order valence-corrected chi connectivity index (χ1v) is 6.39. The predicted octanol–water partition coefficient (Wildman–Crippen LogP) is 3.56. The monoisotopic (exact) mass is 268 g/mol. The van der Waals surface area contributed by atoms with Gasteiger partial charge >= 0.3 is 0 Å². The maximum atomic E-state index is 5.34. The topological polar surface area (TPSA) is 47.1 Å². The van der Waals surface area contributed by atoms with Crippen LogP contribution in [-0.2, 0) is 0 Å². The molecule has 0 bridgehead atoms. The van der Waals surface area contributed by atoms with E-state index in [-0.39, 0.29) is 0 Å². The summed E-state index contributed by atoms with van der Waals surface area (Å²) < 4.78 is 10.6. The number of hydrogen-bond donors (Lipinski definition) is 1. The molecule has 4 heteroatoms. The Morgan fingerprint density at radius 3 is 2.55 bits per heavy atom. The van der Waals surface area contributed by atoms with Crippen LogP contribution in [-0.4, -0.2) is 24.2 Å². The smallest absolute Gasteiger partial charge is 0.161 e. The zero-order valence-corrected chi connectivity index (χ0v) is 11.7. The highest BCUT2D eigenvalue weighted by Gasteiger charge is 2.08. The Hall–Kier alpha value is -2.49. The third-order valence-corrected chi connectivity index (χ3v) is 3.45. The van der Waals surface area contributed by atoms with Gasteiger partial charge in [0, 0.05) is 23.3 Å². The molecule has 0 saturated heterocycles. The number of hydrogen-bond acceptors (Lipinski definition) is 3. The van der Waals surface area contributed by atoms with E-state index in [1.807, 2.05) is 30.6 Å². The summed E-state index contributed by atoms with van der Waals surface area (Å²) in [5.74, 6) is 1.44. The fourth-order valence-corrected chi connectivity index (χ4v) is 2.31. The van der Waals surface area contributed by atoms with Gasteiger partial charge in [-0.3, -0.25) is 0 Å². The maximum absolute atomic E-state index is 5.34. The molecular weight excluding hydrogens is 252 g/mol. The van der Waals surface area contributed by atoms with E-state index in [0.29, 0.717) is 0 Å². The van der Waals surface area contributed by atoms with Crippen LogP contribution in [0.2, 0.25) is 0 Å². The van der Waals surface area contributed by atoms with Gasteiger partial charge in [0.2, 0.25) is 0 Å². The molecule has 0 saturated carbocycles. The Labute approximate surface area is 117 Å². The minimum absolute atomic E-state index is 0.718. The zero-order chi connectivity index (χ0) is 14.1. The van der Waals surface area contributed by atoms with Gasteiger partial charge in [0.15, 0.2) is 11.5 Å². The number of benzene rings is 1. The third-order valence-electron chi connectivity index (χ3n) is 3.45. The molecule has 0 amide bonds. The van der Waals surface area contributed by atoms with E-state index in [1.165, 1.54) is 5.56 Å². The molecule has 3 aromatic rings. The lowest BCUT2D eigenvalue weighted by atomic mass is 10.1. The summed E-state index contributed by atoms with van der Waals surface area (Å²) in [5, 5.41) is 1.14. The van der Waals surface area contributed by atoms with Crippen LogP contribution in [0.1, 0.15) is 5.56 Å². The zero-order valence-electron chi connectivity index (χ0n) is 11.7. The van der Waals surface area contributed by atoms with Crippen molar-refractivity contribution in [3.63, 3.8) is 0 Å². The van der Waals surface area contributed by atoms with Crippen molar-refractivity contribution in [2.45, 2.75) is 6.92 Å². The number of aromatic nitrogens is 2. The molecule has 0 aliphatic rings. The van der Waals surface area contributed by atoms with Crippen molar-refractivity contribution in [2.24, 2.45) is 0 Å². The van der Waals surface area contributed by atoms with Crippen LogP contribution in [0.4, 0.5) is 0 Å². The molecule has 0 radical (unpaired) electrons. The average Bonchev–Trinajstić information content (AvgIpc) is 2.87. The molecule has 4 nitrogen and oxygen atoms in total. The lowest BCUT2D eigenvalue weighted by Crippen LogP contribution is -1.91. The van der Waals surface area contributed by atoms with Crippen LogP contribution >= 0.6 is 0 Å². The van der Waals surface area contributed by atoms with Gasteiger partial charge in [-0.1, -0.05) is 6.07 Å². The third kappa shape index (κ3) is 1.99. The van der Waals surface area contributed by atoms with Gasteiger partial charge < -0.3 is 14.5 Å². The van der Waals surface area contributed by atoms with Crippen molar-refractivity contribution in [2.75, 3.05) is 14.2 Å². The normalized spacial score (nSPS) is 10.8. The molecule has 2 aromatic heterocycles. The van der Waals surface area contributed by atoms with Crippen LogP contribution in [0.25, 0.3) is 22.2 Å². The van der Waals surface area contributed by atoms with E-state index in [4.69, 9.17) is 9.47 Å². The van der Waals surface area contributed by atoms with E-state index in [9.17, 15) is 0 Å². The van der Waals surface area contributed by atoms with Gasteiger partial charge in [0.05, 0.1) is 14.2 Å². The summed E-state index contributed by atoms with van der Waals surface area (Å²) in [4.78, 5) is 7.60. The second-order valence-corrected chi connectivity index (χ2v) is 4.66. The molecule has 2 heterocycles. The predicted molar refractivity (Wildman–Crippen MR) is 79.4 cm³/mol. The van der Waals surface area contributed by atoms with Crippen molar-refractivity contribution in [3.05, 3.63) is 42.2 Å². The van der Waals surface area contributed by atoms with Gasteiger partial charge in [0.25, 0.3) is 0 Å². The van der Waals surface area contributed by atoms with Gasteiger partial charge in [-0.2, -0.15) is 0 Å². The minimum atomic E-state index is 0.718. The van der Waals surface area contributed by atoms with Gasteiger partial charge in [-0.25, -0.2) is 4.98 Å². The first-order valence-electron chi connectivity index (χ1n) is 6.39. The summed E-state index contributed by atoms with van der Waals surface area (Å²) in [5.41, 5.74) is 4.21. The Morgan fingerprint density at radius 1 is 1.00 bits per heavy atom. The largest absolute Gasteiger partial charge is 0.493 e. The van der Waals surface area contributed by atoms with Crippen molar-refractivity contribution in [1.29, 1.82) is 0 Å². The number of methoxy groups -OCH3 is 2. The summed E-state index contributed by atoms with van der Waals surface area (Å²) >= 11 is 0. The van der Waals surface area contributed by atoms with Crippen molar-refractivity contribution in [1.82, 2.24) is 9.97 Å². The lowest BCUT2D eigenvalue weighted by molar-refractivity contribution is 0.355. The summed E-state index contributed by atoms with van der Waals surface area (Å²) in [7, 11) is 3.27. The Kier molecular flexibility index (Phi) is 3.06. The lowest BCUT2D eigenvalue weighted by Gasteiger charge is -2.09.